The summed E-state index contributed by atoms with van der Waals surface area (Å²) in [7, 11) is 0. The van der Waals surface area contributed by atoms with Gasteiger partial charge in [0.1, 0.15) is 5.58 Å². The topological polar surface area (TPSA) is 38.9 Å². The van der Waals surface area contributed by atoms with E-state index in [1.165, 1.54) is 0 Å². The molecule has 0 spiro atoms. The molecule has 0 aliphatic heterocycles. The number of nitrogens with zero attached hydrogens (tertiary/aromatic N) is 2. The number of fused-ring (bicyclic) bond motifs is 1. The smallest absolute Gasteiger partial charge is 0.160 e. The number of aromatic nitrogens is 2. The highest BCUT2D eigenvalue weighted by molar-refractivity contribution is 7.80. The fourth-order valence-electron chi connectivity index (χ4n) is 4.17. The van der Waals surface area contributed by atoms with Gasteiger partial charge >= 0.3 is 0 Å². The van der Waals surface area contributed by atoms with Crippen molar-refractivity contribution in [3.05, 3.63) is 115 Å². The molecule has 0 saturated heterocycles. The van der Waals surface area contributed by atoms with Crippen molar-refractivity contribution in [1.29, 1.82) is 0 Å². The molecule has 2 aromatic heterocycles. The quantitative estimate of drug-likeness (QED) is 0.272. The van der Waals surface area contributed by atoms with Crippen molar-refractivity contribution in [2.24, 2.45) is 0 Å². The van der Waals surface area contributed by atoms with Gasteiger partial charge in [-0.05, 0) is 35.9 Å². The number of thiol groups is 1. The molecule has 0 atom stereocenters. The average molecular weight is 457 g/mol. The molecule has 162 valence electrons. The molecule has 0 N–H and O–H groups in total. The molecular formula is C30H20N2OS. The highest BCUT2D eigenvalue weighted by Crippen LogP contribution is 2.36. The highest BCUT2D eigenvalue weighted by atomic mass is 32.1. The molecule has 3 nitrogen and oxygen atoms in total. The third kappa shape index (κ3) is 3.78. The lowest BCUT2D eigenvalue weighted by molar-refractivity contribution is 0.617. The summed E-state index contributed by atoms with van der Waals surface area (Å²) in [5.74, 6) is 0.674. The predicted octanol–water partition coefficient (Wildman–Crippen LogP) is 8.18. The van der Waals surface area contributed by atoms with Crippen LogP contribution in [0.15, 0.2) is 125 Å². The van der Waals surface area contributed by atoms with Crippen molar-refractivity contribution < 1.29 is 4.42 Å². The second kappa shape index (κ2) is 8.65. The van der Waals surface area contributed by atoms with Gasteiger partial charge < -0.3 is 4.42 Å². The van der Waals surface area contributed by atoms with Gasteiger partial charge in [-0.1, -0.05) is 78.9 Å². The lowest BCUT2D eigenvalue weighted by atomic mass is 10.0. The van der Waals surface area contributed by atoms with Gasteiger partial charge in [0.25, 0.3) is 0 Å². The maximum absolute atomic E-state index is 5.86. The third-order valence-corrected chi connectivity index (χ3v) is 6.28. The van der Waals surface area contributed by atoms with E-state index in [2.05, 4.69) is 49.0 Å². The predicted molar refractivity (Wildman–Crippen MR) is 141 cm³/mol. The molecular weight excluding hydrogens is 436 g/mol. The molecule has 0 saturated carbocycles. The van der Waals surface area contributed by atoms with Crippen LogP contribution in [0.2, 0.25) is 0 Å². The van der Waals surface area contributed by atoms with Gasteiger partial charge in [0, 0.05) is 32.5 Å². The lowest BCUT2D eigenvalue weighted by Crippen LogP contribution is -1.95. The van der Waals surface area contributed by atoms with Crippen molar-refractivity contribution >= 4 is 23.6 Å². The van der Waals surface area contributed by atoms with Crippen molar-refractivity contribution in [3.63, 3.8) is 0 Å². The standard InChI is InChI=1S/C30H20N2OS/c34-29-14-8-7-13-23(29)25-19-33-28-16-15-22(17-24(25)28)30-31-26(20-9-3-1-4-10-20)18-27(32-30)21-11-5-2-6-12-21/h1-19,34H. The second-order valence-electron chi connectivity index (χ2n) is 8.07. The molecule has 0 unspecified atom stereocenters. The van der Waals surface area contributed by atoms with E-state index in [4.69, 9.17) is 14.4 Å². The van der Waals surface area contributed by atoms with Gasteiger partial charge in [-0.3, -0.25) is 0 Å². The first-order valence-corrected chi connectivity index (χ1v) is 11.5. The fourth-order valence-corrected chi connectivity index (χ4v) is 4.45. The summed E-state index contributed by atoms with van der Waals surface area (Å²) in [5.41, 5.74) is 7.67. The first kappa shape index (κ1) is 20.5. The van der Waals surface area contributed by atoms with E-state index in [1.807, 2.05) is 72.8 Å². The fraction of sp³-hybridized carbons (Fsp3) is 0. The van der Waals surface area contributed by atoms with Crippen molar-refractivity contribution in [2.75, 3.05) is 0 Å². The van der Waals surface area contributed by atoms with Gasteiger partial charge in [0.2, 0.25) is 0 Å². The third-order valence-electron chi connectivity index (χ3n) is 5.89. The number of hydrogen-bond donors (Lipinski definition) is 1. The van der Waals surface area contributed by atoms with E-state index >= 15 is 0 Å². The SMILES string of the molecule is Sc1ccccc1-c1coc2ccc(-c3nc(-c4ccccc4)cc(-c4ccccc4)n3)cc12. The first-order chi connectivity index (χ1) is 16.8. The zero-order valence-corrected chi connectivity index (χ0v) is 19.1. The van der Waals surface area contributed by atoms with E-state index in [0.717, 1.165) is 55.1 Å². The Balaban J connectivity index is 1.54. The monoisotopic (exact) mass is 456 g/mol. The molecule has 0 bridgehead atoms. The minimum absolute atomic E-state index is 0.674. The largest absolute Gasteiger partial charge is 0.464 e. The Morgan fingerprint density at radius 2 is 1.18 bits per heavy atom. The van der Waals surface area contributed by atoms with E-state index < -0.39 is 0 Å². The summed E-state index contributed by atoms with van der Waals surface area (Å²) in [4.78, 5) is 10.8. The Bertz CT molecular complexity index is 1550. The summed E-state index contributed by atoms with van der Waals surface area (Å²) in [5, 5.41) is 1.01. The maximum Gasteiger partial charge on any atom is 0.160 e. The Hall–Kier alpha value is -4.15. The minimum atomic E-state index is 0.674. The van der Waals surface area contributed by atoms with Crippen LogP contribution in [0.5, 0.6) is 0 Å². The van der Waals surface area contributed by atoms with Crippen molar-refractivity contribution in [2.45, 2.75) is 4.90 Å². The summed E-state index contributed by atoms with van der Waals surface area (Å²) in [6.45, 7) is 0. The Labute approximate surface area is 203 Å². The van der Waals surface area contributed by atoms with Crippen LogP contribution in [0.25, 0.3) is 56.0 Å². The second-order valence-corrected chi connectivity index (χ2v) is 8.55. The number of rotatable bonds is 4. The molecule has 4 aromatic carbocycles. The molecule has 0 amide bonds. The zero-order valence-electron chi connectivity index (χ0n) is 18.2. The van der Waals surface area contributed by atoms with E-state index in [-0.39, 0.29) is 0 Å². The van der Waals surface area contributed by atoms with Crippen LogP contribution in [-0.2, 0) is 0 Å². The normalized spacial score (nSPS) is 11.1. The van der Waals surface area contributed by atoms with Gasteiger partial charge in [-0.2, -0.15) is 0 Å². The van der Waals surface area contributed by atoms with Crippen LogP contribution in [-0.4, -0.2) is 9.97 Å². The minimum Gasteiger partial charge on any atom is -0.464 e. The number of benzene rings is 4. The van der Waals surface area contributed by atoms with Crippen molar-refractivity contribution in [3.8, 4) is 45.0 Å². The van der Waals surface area contributed by atoms with Gasteiger partial charge in [0.05, 0.1) is 17.7 Å². The molecule has 34 heavy (non-hydrogen) atoms. The lowest BCUT2D eigenvalue weighted by Gasteiger charge is -2.10. The summed E-state index contributed by atoms with van der Waals surface area (Å²) in [6, 6.07) is 36.6. The zero-order chi connectivity index (χ0) is 22.9. The van der Waals surface area contributed by atoms with Crippen LogP contribution < -0.4 is 0 Å². The number of furan rings is 1. The van der Waals surface area contributed by atoms with Crippen LogP contribution >= 0.6 is 12.6 Å². The average Bonchev–Trinajstić information content (AvgIpc) is 3.33. The van der Waals surface area contributed by atoms with Crippen LogP contribution in [0.3, 0.4) is 0 Å². The molecule has 2 heterocycles. The molecule has 6 aromatic rings. The Kier molecular flexibility index (Phi) is 5.21. The van der Waals surface area contributed by atoms with E-state index in [9.17, 15) is 0 Å². The van der Waals surface area contributed by atoms with Gasteiger partial charge in [0.15, 0.2) is 5.82 Å². The summed E-state index contributed by atoms with van der Waals surface area (Å²) < 4.78 is 5.86. The molecule has 6 rings (SSSR count). The molecule has 4 heteroatoms. The Morgan fingerprint density at radius 1 is 0.559 bits per heavy atom. The molecule has 0 aliphatic rings. The number of hydrogen-bond acceptors (Lipinski definition) is 4. The molecule has 0 aliphatic carbocycles. The van der Waals surface area contributed by atoms with Crippen molar-refractivity contribution in [1.82, 2.24) is 9.97 Å². The summed E-state index contributed by atoms with van der Waals surface area (Å²) in [6.07, 6.45) is 1.79. The van der Waals surface area contributed by atoms with Crippen LogP contribution in [0, 0.1) is 0 Å². The van der Waals surface area contributed by atoms with Crippen LogP contribution in [0.4, 0.5) is 0 Å². The van der Waals surface area contributed by atoms with Gasteiger partial charge in [-0.15, -0.1) is 12.6 Å². The Morgan fingerprint density at radius 3 is 1.82 bits per heavy atom. The van der Waals surface area contributed by atoms with Crippen LogP contribution in [0.1, 0.15) is 0 Å². The molecule has 0 fully saturated rings. The summed E-state index contributed by atoms with van der Waals surface area (Å²) >= 11 is 4.65. The maximum atomic E-state index is 5.86. The van der Waals surface area contributed by atoms with Gasteiger partial charge in [-0.25, -0.2) is 9.97 Å². The van der Waals surface area contributed by atoms with E-state index in [0.29, 0.717) is 5.82 Å². The van der Waals surface area contributed by atoms with E-state index in [1.54, 1.807) is 6.26 Å². The first-order valence-electron chi connectivity index (χ1n) is 11.1. The molecule has 0 radical (unpaired) electrons. The highest BCUT2D eigenvalue weighted by Gasteiger charge is 2.15.